The number of nitrogens with zero attached hydrogens (tertiary/aromatic N) is 3. The van der Waals surface area contributed by atoms with E-state index in [-0.39, 0.29) is 0 Å². The van der Waals surface area contributed by atoms with Crippen molar-refractivity contribution in [2.24, 2.45) is 7.05 Å². The summed E-state index contributed by atoms with van der Waals surface area (Å²) in [7, 11) is 3.87. The fraction of sp³-hybridized carbons (Fsp3) is 0.333. The second-order valence-corrected chi connectivity index (χ2v) is 4.98. The minimum atomic E-state index is 0.339. The van der Waals surface area contributed by atoms with Gasteiger partial charge in [0, 0.05) is 25.5 Å². The van der Waals surface area contributed by atoms with Crippen molar-refractivity contribution in [3.05, 3.63) is 36.3 Å². The van der Waals surface area contributed by atoms with Gasteiger partial charge in [0.1, 0.15) is 5.03 Å². The molecule has 0 saturated heterocycles. The normalized spacial score (nSPS) is 12.6. The highest BCUT2D eigenvalue weighted by Crippen LogP contribution is 2.26. The van der Waals surface area contributed by atoms with Gasteiger partial charge in [-0.1, -0.05) is 11.8 Å². The molecule has 0 amide bonds. The monoisotopic (exact) mass is 248 g/mol. The summed E-state index contributed by atoms with van der Waals surface area (Å²) < 4.78 is 1.79. The van der Waals surface area contributed by atoms with E-state index in [1.807, 2.05) is 38.8 Å². The van der Waals surface area contributed by atoms with Gasteiger partial charge in [0.2, 0.25) is 0 Å². The molecule has 1 unspecified atom stereocenters. The lowest BCUT2D eigenvalue weighted by Gasteiger charge is -2.10. The van der Waals surface area contributed by atoms with Crippen molar-refractivity contribution in [2.75, 3.05) is 7.05 Å². The van der Waals surface area contributed by atoms with Gasteiger partial charge in [-0.25, -0.2) is 4.98 Å². The van der Waals surface area contributed by atoms with Gasteiger partial charge in [-0.3, -0.25) is 4.68 Å². The van der Waals surface area contributed by atoms with E-state index in [2.05, 4.69) is 28.4 Å². The van der Waals surface area contributed by atoms with Crippen molar-refractivity contribution < 1.29 is 0 Å². The highest BCUT2D eigenvalue weighted by Gasteiger charge is 2.06. The number of hydrogen-bond donors (Lipinski definition) is 1. The van der Waals surface area contributed by atoms with Crippen LogP contribution < -0.4 is 5.32 Å². The van der Waals surface area contributed by atoms with Gasteiger partial charge in [-0.05, 0) is 31.7 Å². The number of hydrogen-bond acceptors (Lipinski definition) is 4. The third-order valence-electron chi connectivity index (χ3n) is 2.60. The smallest absolute Gasteiger partial charge is 0.101 e. The van der Waals surface area contributed by atoms with E-state index in [0.717, 1.165) is 9.92 Å². The van der Waals surface area contributed by atoms with Crippen molar-refractivity contribution in [3.63, 3.8) is 0 Å². The summed E-state index contributed by atoms with van der Waals surface area (Å²) in [5.41, 5.74) is 1.24. The molecule has 1 atom stereocenters. The van der Waals surface area contributed by atoms with Crippen LogP contribution in [0.15, 0.2) is 40.6 Å². The third-order valence-corrected chi connectivity index (χ3v) is 3.47. The molecule has 0 aliphatic rings. The van der Waals surface area contributed by atoms with Crippen molar-refractivity contribution >= 4 is 11.8 Å². The Morgan fingerprint density at radius 3 is 2.94 bits per heavy atom. The van der Waals surface area contributed by atoms with Crippen LogP contribution in [0.2, 0.25) is 0 Å². The van der Waals surface area contributed by atoms with E-state index in [9.17, 15) is 0 Å². The first-order valence-corrected chi connectivity index (χ1v) is 6.30. The molecule has 4 nitrogen and oxygen atoms in total. The van der Waals surface area contributed by atoms with Crippen LogP contribution >= 0.6 is 11.8 Å². The zero-order chi connectivity index (χ0) is 12.3. The Kier molecular flexibility index (Phi) is 3.81. The lowest BCUT2D eigenvalue weighted by Crippen LogP contribution is -2.12. The van der Waals surface area contributed by atoms with E-state index in [4.69, 9.17) is 0 Å². The Bertz CT molecular complexity index is 495. The third kappa shape index (κ3) is 3.08. The molecule has 0 fully saturated rings. The SMILES string of the molecule is CNC(C)c1ccnc(Sc2cnn(C)c2)c1. The number of aromatic nitrogens is 3. The van der Waals surface area contributed by atoms with Crippen LogP contribution in [0.5, 0.6) is 0 Å². The molecule has 2 heterocycles. The fourth-order valence-electron chi connectivity index (χ4n) is 1.49. The van der Waals surface area contributed by atoms with Gasteiger partial charge < -0.3 is 5.32 Å². The maximum absolute atomic E-state index is 4.36. The van der Waals surface area contributed by atoms with Gasteiger partial charge in [0.25, 0.3) is 0 Å². The average Bonchev–Trinajstić information content (AvgIpc) is 2.74. The predicted octanol–water partition coefficient (Wildman–Crippen LogP) is 2.25. The maximum Gasteiger partial charge on any atom is 0.101 e. The van der Waals surface area contributed by atoms with E-state index < -0.39 is 0 Å². The number of pyridine rings is 1. The van der Waals surface area contributed by atoms with Crippen molar-refractivity contribution in [1.82, 2.24) is 20.1 Å². The molecular formula is C12H16N4S. The molecule has 0 aliphatic heterocycles. The van der Waals surface area contributed by atoms with E-state index >= 15 is 0 Å². The Balaban J connectivity index is 2.16. The average molecular weight is 248 g/mol. The molecule has 0 aliphatic carbocycles. The van der Waals surface area contributed by atoms with Gasteiger partial charge in [0.05, 0.1) is 11.1 Å². The second kappa shape index (κ2) is 5.33. The van der Waals surface area contributed by atoms with Crippen molar-refractivity contribution in [1.29, 1.82) is 0 Å². The molecule has 1 N–H and O–H groups in total. The molecule has 0 radical (unpaired) electrons. The lowest BCUT2D eigenvalue weighted by atomic mass is 10.1. The summed E-state index contributed by atoms with van der Waals surface area (Å²) >= 11 is 1.63. The zero-order valence-electron chi connectivity index (χ0n) is 10.2. The van der Waals surface area contributed by atoms with Crippen molar-refractivity contribution in [2.45, 2.75) is 22.9 Å². The summed E-state index contributed by atoms with van der Waals surface area (Å²) in [4.78, 5) is 5.46. The largest absolute Gasteiger partial charge is 0.313 e. The summed E-state index contributed by atoms with van der Waals surface area (Å²) in [5.74, 6) is 0. The molecule has 2 aromatic rings. The topological polar surface area (TPSA) is 42.7 Å². The number of rotatable bonds is 4. The first-order valence-electron chi connectivity index (χ1n) is 5.49. The van der Waals surface area contributed by atoms with Crippen LogP contribution in [0.4, 0.5) is 0 Å². The van der Waals surface area contributed by atoms with Crippen LogP contribution in [0.1, 0.15) is 18.5 Å². The molecule has 0 bridgehead atoms. The Labute approximate surface area is 105 Å². The number of nitrogens with one attached hydrogen (secondary N) is 1. The highest BCUT2D eigenvalue weighted by atomic mass is 32.2. The van der Waals surface area contributed by atoms with Gasteiger partial charge in [-0.2, -0.15) is 5.10 Å². The Hall–Kier alpha value is -1.33. The predicted molar refractivity (Wildman–Crippen MR) is 69.0 cm³/mol. The maximum atomic E-state index is 4.36. The zero-order valence-corrected chi connectivity index (χ0v) is 11.0. The summed E-state index contributed by atoms with van der Waals surface area (Å²) in [6.07, 6.45) is 5.68. The first-order chi connectivity index (χ1) is 8.19. The van der Waals surface area contributed by atoms with Crippen LogP contribution in [0.3, 0.4) is 0 Å². The fourth-order valence-corrected chi connectivity index (χ4v) is 2.34. The summed E-state index contributed by atoms with van der Waals surface area (Å²) in [6.45, 7) is 2.13. The van der Waals surface area contributed by atoms with Crippen molar-refractivity contribution in [3.8, 4) is 0 Å². The quantitative estimate of drug-likeness (QED) is 0.901. The first kappa shape index (κ1) is 12.1. The summed E-state index contributed by atoms with van der Waals surface area (Å²) in [5, 5.41) is 8.36. The van der Waals surface area contributed by atoms with Gasteiger partial charge in [-0.15, -0.1) is 0 Å². The molecule has 90 valence electrons. The molecule has 0 saturated carbocycles. The Morgan fingerprint density at radius 1 is 1.47 bits per heavy atom. The molecule has 2 aromatic heterocycles. The molecular weight excluding hydrogens is 232 g/mol. The van der Waals surface area contributed by atoms with E-state index in [0.29, 0.717) is 6.04 Å². The summed E-state index contributed by atoms with van der Waals surface area (Å²) in [6, 6.07) is 4.49. The molecule has 2 rings (SSSR count). The Morgan fingerprint density at radius 2 is 2.29 bits per heavy atom. The lowest BCUT2D eigenvalue weighted by molar-refractivity contribution is 0.649. The van der Waals surface area contributed by atoms with Gasteiger partial charge in [0.15, 0.2) is 0 Å². The second-order valence-electron chi connectivity index (χ2n) is 3.89. The molecule has 5 heteroatoms. The molecule has 17 heavy (non-hydrogen) atoms. The molecule has 0 spiro atoms. The van der Waals surface area contributed by atoms with E-state index in [1.165, 1.54) is 5.56 Å². The minimum absolute atomic E-state index is 0.339. The minimum Gasteiger partial charge on any atom is -0.313 e. The van der Waals surface area contributed by atoms with Crippen LogP contribution in [0, 0.1) is 0 Å². The van der Waals surface area contributed by atoms with E-state index in [1.54, 1.807) is 16.4 Å². The molecule has 0 aromatic carbocycles. The van der Waals surface area contributed by atoms with Gasteiger partial charge >= 0.3 is 0 Å². The standard InChI is InChI=1S/C12H16N4S/c1-9(13-2)10-4-5-14-12(6-10)17-11-7-15-16(3)8-11/h4-9,13H,1-3H3. The van der Waals surface area contributed by atoms with Crippen LogP contribution in [-0.4, -0.2) is 21.8 Å². The van der Waals surface area contributed by atoms with Crippen LogP contribution in [0.25, 0.3) is 0 Å². The number of aryl methyl sites for hydroxylation is 1. The van der Waals surface area contributed by atoms with Crippen LogP contribution in [-0.2, 0) is 7.05 Å². The highest BCUT2D eigenvalue weighted by molar-refractivity contribution is 7.99.